The van der Waals surface area contributed by atoms with E-state index in [4.69, 9.17) is 5.26 Å². The van der Waals surface area contributed by atoms with Crippen LogP contribution in [0.25, 0.3) is 0 Å². The second kappa shape index (κ2) is 4.05. The van der Waals surface area contributed by atoms with E-state index in [0.29, 0.717) is 6.42 Å². The molecule has 0 aliphatic heterocycles. The third-order valence-electron chi connectivity index (χ3n) is 2.03. The summed E-state index contributed by atoms with van der Waals surface area (Å²) in [5, 5.41) is 17.9. The molecule has 0 fully saturated rings. The van der Waals surface area contributed by atoms with E-state index in [9.17, 15) is 13.9 Å². The average molecular weight is 197 g/mol. The molecule has 0 bridgehead atoms. The van der Waals surface area contributed by atoms with Gasteiger partial charge >= 0.3 is 0 Å². The van der Waals surface area contributed by atoms with Crippen LogP contribution in [0, 0.1) is 23.0 Å². The van der Waals surface area contributed by atoms with Crippen LogP contribution in [-0.2, 0) is 0 Å². The van der Waals surface area contributed by atoms with Crippen molar-refractivity contribution in [1.29, 1.82) is 5.26 Å². The minimum absolute atomic E-state index is 0.255. The lowest BCUT2D eigenvalue weighted by Crippen LogP contribution is -1.99. The number of nitriles is 1. The van der Waals surface area contributed by atoms with E-state index in [1.54, 1.807) is 6.92 Å². The van der Waals surface area contributed by atoms with Crippen molar-refractivity contribution >= 4 is 0 Å². The van der Waals surface area contributed by atoms with Crippen LogP contribution in [-0.4, -0.2) is 5.11 Å². The normalized spacial score (nSPS) is 12.1. The number of rotatable bonds is 2. The van der Waals surface area contributed by atoms with E-state index in [1.807, 2.05) is 6.07 Å². The van der Waals surface area contributed by atoms with Crippen molar-refractivity contribution in [3.63, 3.8) is 0 Å². The number of phenols is 1. The SMILES string of the molecule is CCC(C#N)c1c(F)ccc(F)c1O. The Balaban J connectivity index is 3.32. The Morgan fingerprint density at radius 3 is 2.50 bits per heavy atom. The predicted octanol–water partition coefficient (Wildman–Crippen LogP) is 2.69. The van der Waals surface area contributed by atoms with Gasteiger partial charge in [-0.2, -0.15) is 5.26 Å². The molecule has 1 aromatic carbocycles. The van der Waals surface area contributed by atoms with Gasteiger partial charge in [-0.05, 0) is 18.6 Å². The summed E-state index contributed by atoms with van der Waals surface area (Å²) in [5.41, 5.74) is -0.255. The van der Waals surface area contributed by atoms with Gasteiger partial charge in [-0.15, -0.1) is 0 Å². The number of phenolic OH excluding ortho intramolecular Hbond substituents is 1. The van der Waals surface area contributed by atoms with Crippen LogP contribution < -0.4 is 0 Å². The van der Waals surface area contributed by atoms with Gasteiger partial charge in [0.2, 0.25) is 0 Å². The molecule has 1 N–H and O–H groups in total. The maximum absolute atomic E-state index is 13.2. The predicted molar refractivity (Wildman–Crippen MR) is 46.7 cm³/mol. The van der Waals surface area contributed by atoms with E-state index in [-0.39, 0.29) is 5.56 Å². The number of halogens is 2. The smallest absolute Gasteiger partial charge is 0.165 e. The molecular formula is C10H9F2NO. The molecule has 2 nitrogen and oxygen atoms in total. The summed E-state index contributed by atoms with van der Waals surface area (Å²) in [6.07, 6.45) is 0.324. The summed E-state index contributed by atoms with van der Waals surface area (Å²) in [6.45, 7) is 1.66. The summed E-state index contributed by atoms with van der Waals surface area (Å²) in [7, 11) is 0. The highest BCUT2D eigenvalue weighted by atomic mass is 19.1. The molecule has 14 heavy (non-hydrogen) atoms. The molecule has 0 amide bonds. The molecule has 0 aliphatic carbocycles. The van der Waals surface area contributed by atoms with Crippen molar-refractivity contribution in [2.24, 2.45) is 0 Å². The maximum Gasteiger partial charge on any atom is 0.165 e. The quantitative estimate of drug-likeness (QED) is 0.792. The van der Waals surface area contributed by atoms with E-state index in [2.05, 4.69) is 0 Å². The number of aromatic hydroxyl groups is 1. The van der Waals surface area contributed by atoms with Crippen molar-refractivity contribution in [3.05, 3.63) is 29.3 Å². The number of nitrogens with zero attached hydrogens (tertiary/aromatic N) is 1. The molecule has 0 saturated carbocycles. The van der Waals surface area contributed by atoms with Crippen LogP contribution >= 0.6 is 0 Å². The first-order chi connectivity index (χ1) is 6.61. The first-order valence-corrected chi connectivity index (χ1v) is 4.18. The number of hydrogen-bond donors (Lipinski definition) is 1. The van der Waals surface area contributed by atoms with Crippen LogP contribution in [0.3, 0.4) is 0 Å². The zero-order valence-corrected chi connectivity index (χ0v) is 7.59. The minimum Gasteiger partial charge on any atom is -0.505 e. The molecular weight excluding hydrogens is 188 g/mol. The zero-order valence-electron chi connectivity index (χ0n) is 7.59. The Morgan fingerprint density at radius 1 is 1.43 bits per heavy atom. The maximum atomic E-state index is 13.2. The lowest BCUT2D eigenvalue weighted by atomic mass is 9.96. The van der Waals surface area contributed by atoms with Gasteiger partial charge in [0.1, 0.15) is 5.82 Å². The van der Waals surface area contributed by atoms with Crippen LogP contribution in [0.15, 0.2) is 12.1 Å². The average Bonchev–Trinajstić information content (AvgIpc) is 2.19. The topological polar surface area (TPSA) is 44.0 Å². The second-order valence-corrected chi connectivity index (χ2v) is 2.88. The molecule has 74 valence electrons. The van der Waals surface area contributed by atoms with Gasteiger partial charge in [0.05, 0.1) is 12.0 Å². The van der Waals surface area contributed by atoms with Crippen molar-refractivity contribution in [2.45, 2.75) is 19.3 Å². The van der Waals surface area contributed by atoms with Crippen molar-refractivity contribution in [2.75, 3.05) is 0 Å². The van der Waals surface area contributed by atoms with E-state index in [1.165, 1.54) is 0 Å². The number of hydrogen-bond acceptors (Lipinski definition) is 2. The van der Waals surface area contributed by atoms with Gasteiger partial charge in [-0.3, -0.25) is 0 Å². The zero-order chi connectivity index (χ0) is 10.7. The minimum atomic E-state index is -0.907. The molecule has 4 heteroatoms. The lowest BCUT2D eigenvalue weighted by molar-refractivity contribution is 0.414. The largest absolute Gasteiger partial charge is 0.505 e. The van der Waals surface area contributed by atoms with E-state index in [0.717, 1.165) is 12.1 Å². The van der Waals surface area contributed by atoms with Crippen LogP contribution in [0.5, 0.6) is 5.75 Å². The summed E-state index contributed by atoms with van der Waals surface area (Å²) in [6, 6.07) is 3.55. The van der Waals surface area contributed by atoms with Gasteiger partial charge in [0, 0.05) is 5.56 Å². The highest BCUT2D eigenvalue weighted by Gasteiger charge is 2.20. The Morgan fingerprint density at radius 2 is 2.00 bits per heavy atom. The Hall–Kier alpha value is -1.63. The van der Waals surface area contributed by atoms with Crippen LogP contribution in [0.1, 0.15) is 24.8 Å². The molecule has 0 spiro atoms. The fraction of sp³-hybridized carbons (Fsp3) is 0.300. The van der Waals surface area contributed by atoms with Gasteiger partial charge in [-0.25, -0.2) is 8.78 Å². The Labute approximate surface area is 80.4 Å². The molecule has 0 heterocycles. The van der Waals surface area contributed by atoms with Crippen molar-refractivity contribution in [1.82, 2.24) is 0 Å². The highest BCUT2D eigenvalue weighted by Crippen LogP contribution is 2.32. The summed E-state index contributed by atoms with van der Waals surface area (Å²) < 4.78 is 26.0. The Kier molecular flexibility index (Phi) is 3.03. The van der Waals surface area contributed by atoms with Crippen LogP contribution in [0.4, 0.5) is 8.78 Å². The van der Waals surface area contributed by atoms with E-state index < -0.39 is 23.3 Å². The van der Waals surface area contributed by atoms with E-state index >= 15 is 0 Å². The fourth-order valence-electron chi connectivity index (χ4n) is 1.25. The highest BCUT2D eigenvalue weighted by molar-refractivity contribution is 5.40. The molecule has 1 unspecified atom stereocenters. The molecule has 0 saturated heterocycles. The van der Waals surface area contributed by atoms with Crippen LogP contribution in [0.2, 0.25) is 0 Å². The third kappa shape index (κ3) is 1.67. The second-order valence-electron chi connectivity index (χ2n) is 2.88. The lowest BCUT2D eigenvalue weighted by Gasteiger charge is -2.10. The third-order valence-corrected chi connectivity index (χ3v) is 2.03. The molecule has 1 rings (SSSR count). The summed E-state index contributed by atoms with van der Waals surface area (Å²) in [4.78, 5) is 0. The fourth-order valence-corrected chi connectivity index (χ4v) is 1.25. The molecule has 0 aromatic heterocycles. The molecule has 0 radical (unpaired) electrons. The Bertz CT molecular complexity index is 384. The van der Waals surface area contributed by atoms with Gasteiger partial charge < -0.3 is 5.11 Å². The van der Waals surface area contributed by atoms with Gasteiger partial charge in [-0.1, -0.05) is 6.92 Å². The first-order valence-electron chi connectivity index (χ1n) is 4.18. The summed E-state index contributed by atoms with van der Waals surface area (Å²) in [5.74, 6) is -3.24. The van der Waals surface area contributed by atoms with Gasteiger partial charge in [0.25, 0.3) is 0 Å². The summed E-state index contributed by atoms with van der Waals surface area (Å²) >= 11 is 0. The van der Waals surface area contributed by atoms with Crippen molar-refractivity contribution < 1.29 is 13.9 Å². The van der Waals surface area contributed by atoms with Gasteiger partial charge in [0.15, 0.2) is 11.6 Å². The number of benzene rings is 1. The van der Waals surface area contributed by atoms with Crippen molar-refractivity contribution in [3.8, 4) is 11.8 Å². The first kappa shape index (κ1) is 10.5. The monoisotopic (exact) mass is 197 g/mol. The molecule has 1 atom stereocenters. The molecule has 1 aromatic rings. The molecule has 0 aliphatic rings. The standard InChI is InChI=1S/C10H9F2NO/c1-2-6(5-13)9-7(11)3-4-8(12)10(9)14/h3-4,6,14H,2H2,1H3.